The van der Waals surface area contributed by atoms with Crippen LogP contribution < -0.4 is 5.32 Å². The molecule has 0 bridgehead atoms. The van der Waals surface area contributed by atoms with Crippen LogP contribution in [0, 0.1) is 0 Å². The van der Waals surface area contributed by atoms with Crippen molar-refractivity contribution in [2.45, 2.75) is 57.3 Å². The third kappa shape index (κ3) is 6.42. The summed E-state index contributed by atoms with van der Waals surface area (Å²) in [6.07, 6.45) is 8.07. The maximum Gasteiger partial charge on any atom is 0.230 e. The number of benzene rings is 1. The topological polar surface area (TPSA) is 72.7 Å². The largest absolute Gasteiger partial charge is 0.353 e. The first-order valence-corrected chi connectivity index (χ1v) is 11.5. The molecule has 2 heterocycles. The van der Waals surface area contributed by atoms with Crippen LogP contribution in [-0.2, 0) is 11.3 Å². The van der Waals surface area contributed by atoms with Gasteiger partial charge < -0.3 is 5.32 Å². The Hall–Kier alpha value is -2.67. The van der Waals surface area contributed by atoms with E-state index in [9.17, 15) is 4.79 Å². The van der Waals surface area contributed by atoms with Gasteiger partial charge in [-0.3, -0.25) is 14.3 Å². The number of pyridine rings is 1. The van der Waals surface area contributed by atoms with Gasteiger partial charge in [0.1, 0.15) is 0 Å². The lowest BCUT2D eigenvalue weighted by Gasteiger charge is -2.14. The fraction of sp³-hybridized carbons (Fsp3) is 0.391. The standard InChI is InChI=1S/C23H29N5OS/c1-3-4-6-10-18(2)25-21(29)17-30-23-27-26-22(20-13-9-14-24-15-20)28(23)16-19-11-7-5-8-12-19/h5,7-9,11-15,18H,3-4,6,10,16-17H2,1-2H3,(H,25,29)/t18-/m1/s1. The molecular formula is C23H29N5OS. The average Bonchev–Trinajstić information content (AvgIpc) is 3.16. The molecule has 2 aromatic heterocycles. The minimum atomic E-state index is 0.0289. The highest BCUT2D eigenvalue weighted by molar-refractivity contribution is 7.99. The van der Waals surface area contributed by atoms with E-state index in [1.54, 1.807) is 12.4 Å². The van der Waals surface area contributed by atoms with Gasteiger partial charge in [-0.25, -0.2) is 0 Å². The highest BCUT2D eigenvalue weighted by Gasteiger charge is 2.17. The Bertz CT molecular complexity index is 914. The highest BCUT2D eigenvalue weighted by atomic mass is 32.2. The number of thioether (sulfide) groups is 1. The van der Waals surface area contributed by atoms with Crippen LogP contribution in [0.1, 0.15) is 45.1 Å². The van der Waals surface area contributed by atoms with Gasteiger partial charge in [-0.05, 0) is 31.0 Å². The fourth-order valence-corrected chi connectivity index (χ4v) is 3.98. The molecule has 1 amide bonds. The number of rotatable bonds is 11. The van der Waals surface area contributed by atoms with Crippen molar-refractivity contribution in [2.75, 3.05) is 5.75 Å². The maximum absolute atomic E-state index is 12.4. The average molecular weight is 424 g/mol. The minimum Gasteiger partial charge on any atom is -0.353 e. The molecule has 158 valence electrons. The number of carbonyl (C=O) groups excluding carboxylic acids is 1. The summed E-state index contributed by atoms with van der Waals surface area (Å²) in [5.41, 5.74) is 2.06. The Morgan fingerprint density at radius 2 is 1.97 bits per heavy atom. The van der Waals surface area contributed by atoms with E-state index in [0.29, 0.717) is 12.3 Å². The van der Waals surface area contributed by atoms with Crippen LogP contribution in [-0.4, -0.2) is 37.5 Å². The molecule has 0 unspecified atom stereocenters. The zero-order valence-corrected chi connectivity index (χ0v) is 18.4. The molecule has 6 nitrogen and oxygen atoms in total. The van der Waals surface area contributed by atoms with Gasteiger partial charge in [0.05, 0.1) is 12.3 Å². The van der Waals surface area contributed by atoms with E-state index in [1.165, 1.54) is 24.6 Å². The summed E-state index contributed by atoms with van der Waals surface area (Å²) in [5, 5.41) is 12.6. The normalized spacial score (nSPS) is 11.9. The second-order valence-corrected chi connectivity index (χ2v) is 8.32. The van der Waals surface area contributed by atoms with Crippen molar-refractivity contribution in [3.63, 3.8) is 0 Å². The lowest BCUT2D eigenvalue weighted by atomic mass is 10.1. The van der Waals surface area contributed by atoms with E-state index in [4.69, 9.17) is 0 Å². The van der Waals surface area contributed by atoms with Crippen LogP contribution in [0.3, 0.4) is 0 Å². The number of unbranched alkanes of at least 4 members (excludes halogenated alkanes) is 2. The molecule has 0 aliphatic heterocycles. The van der Waals surface area contributed by atoms with Gasteiger partial charge in [0.25, 0.3) is 0 Å². The number of nitrogens with one attached hydrogen (secondary N) is 1. The molecule has 1 N–H and O–H groups in total. The highest BCUT2D eigenvalue weighted by Crippen LogP contribution is 2.24. The molecule has 1 atom stereocenters. The summed E-state index contributed by atoms with van der Waals surface area (Å²) < 4.78 is 2.05. The summed E-state index contributed by atoms with van der Waals surface area (Å²) in [6, 6.07) is 14.2. The van der Waals surface area contributed by atoms with Crippen molar-refractivity contribution < 1.29 is 4.79 Å². The summed E-state index contributed by atoms with van der Waals surface area (Å²) in [6.45, 7) is 4.89. The molecule has 3 aromatic rings. The zero-order valence-electron chi connectivity index (χ0n) is 17.6. The number of carbonyl (C=O) groups is 1. The van der Waals surface area contributed by atoms with Crippen LogP contribution >= 0.6 is 11.8 Å². The number of amides is 1. The molecule has 1 aromatic carbocycles. The molecule has 0 aliphatic carbocycles. The van der Waals surface area contributed by atoms with Gasteiger partial charge in [-0.1, -0.05) is 68.3 Å². The second kappa shape index (κ2) is 11.5. The van der Waals surface area contributed by atoms with Gasteiger partial charge in [-0.15, -0.1) is 10.2 Å². The molecule has 0 saturated carbocycles. The Morgan fingerprint density at radius 3 is 2.70 bits per heavy atom. The van der Waals surface area contributed by atoms with Gasteiger partial charge in [0.2, 0.25) is 5.91 Å². The Balaban J connectivity index is 1.69. The molecule has 7 heteroatoms. The monoisotopic (exact) mass is 423 g/mol. The molecular weight excluding hydrogens is 394 g/mol. The molecule has 0 aliphatic rings. The third-order valence-electron chi connectivity index (χ3n) is 4.80. The van der Waals surface area contributed by atoms with E-state index in [-0.39, 0.29) is 11.9 Å². The first kappa shape index (κ1) is 22.0. The Morgan fingerprint density at radius 1 is 1.13 bits per heavy atom. The summed E-state index contributed by atoms with van der Waals surface area (Å²) in [4.78, 5) is 16.6. The van der Waals surface area contributed by atoms with E-state index in [1.807, 2.05) is 30.3 Å². The van der Waals surface area contributed by atoms with Crippen molar-refractivity contribution in [3.8, 4) is 11.4 Å². The number of hydrogen-bond donors (Lipinski definition) is 1. The first-order chi connectivity index (χ1) is 14.7. The molecule has 3 rings (SSSR count). The molecule has 0 saturated heterocycles. The molecule has 30 heavy (non-hydrogen) atoms. The van der Waals surface area contributed by atoms with Crippen molar-refractivity contribution in [3.05, 3.63) is 60.4 Å². The first-order valence-electron chi connectivity index (χ1n) is 10.5. The molecule has 0 radical (unpaired) electrons. The Kier molecular flexibility index (Phi) is 8.44. The number of nitrogens with zero attached hydrogens (tertiary/aromatic N) is 4. The predicted molar refractivity (Wildman–Crippen MR) is 121 cm³/mol. The predicted octanol–water partition coefficient (Wildman–Crippen LogP) is 4.57. The van der Waals surface area contributed by atoms with Crippen LogP contribution in [0.4, 0.5) is 0 Å². The van der Waals surface area contributed by atoms with E-state index in [2.05, 4.69) is 51.0 Å². The number of hydrogen-bond acceptors (Lipinski definition) is 5. The lowest BCUT2D eigenvalue weighted by Crippen LogP contribution is -2.33. The SMILES string of the molecule is CCCCC[C@@H](C)NC(=O)CSc1nnc(-c2cccnc2)n1Cc1ccccc1. The van der Waals surface area contributed by atoms with E-state index < -0.39 is 0 Å². The number of aromatic nitrogens is 4. The van der Waals surface area contributed by atoms with Gasteiger partial charge >= 0.3 is 0 Å². The summed E-state index contributed by atoms with van der Waals surface area (Å²) in [5.74, 6) is 1.10. The van der Waals surface area contributed by atoms with Crippen LogP contribution in [0.25, 0.3) is 11.4 Å². The smallest absolute Gasteiger partial charge is 0.230 e. The van der Waals surface area contributed by atoms with Gasteiger partial charge in [-0.2, -0.15) is 0 Å². The Labute approximate surface area is 182 Å². The zero-order chi connectivity index (χ0) is 21.2. The van der Waals surface area contributed by atoms with Crippen LogP contribution in [0.2, 0.25) is 0 Å². The lowest BCUT2D eigenvalue weighted by molar-refractivity contribution is -0.119. The summed E-state index contributed by atoms with van der Waals surface area (Å²) >= 11 is 1.42. The second-order valence-electron chi connectivity index (χ2n) is 7.37. The van der Waals surface area contributed by atoms with Gasteiger partial charge in [0, 0.05) is 24.0 Å². The fourth-order valence-electron chi connectivity index (χ4n) is 3.23. The van der Waals surface area contributed by atoms with E-state index >= 15 is 0 Å². The van der Waals surface area contributed by atoms with Crippen molar-refractivity contribution in [1.82, 2.24) is 25.1 Å². The van der Waals surface area contributed by atoms with Crippen LogP contribution in [0.5, 0.6) is 0 Å². The van der Waals surface area contributed by atoms with Crippen molar-refractivity contribution in [2.24, 2.45) is 0 Å². The van der Waals surface area contributed by atoms with Crippen LogP contribution in [0.15, 0.2) is 60.0 Å². The molecule has 0 spiro atoms. The van der Waals surface area contributed by atoms with E-state index in [0.717, 1.165) is 34.9 Å². The molecule has 0 fully saturated rings. The maximum atomic E-state index is 12.4. The van der Waals surface area contributed by atoms with Crippen molar-refractivity contribution >= 4 is 17.7 Å². The third-order valence-corrected chi connectivity index (χ3v) is 5.77. The quantitative estimate of drug-likeness (QED) is 0.361. The van der Waals surface area contributed by atoms with Gasteiger partial charge in [0.15, 0.2) is 11.0 Å². The summed E-state index contributed by atoms with van der Waals surface area (Å²) in [7, 11) is 0. The minimum absolute atomic E-state index is 0.0289. The van der Waals surface area contributed by atoms with Crippen molar-refractivity contribution in [1.29, 1.82) is 0 Å².